The van der Waals surface area contributed by atoms with Crippen LogP contribution in [0.3, 0.4) is 0 Å². The summed E-state index contributed by atoms with van der Waals surface area (Å²) in [7, 11) is 1.84. The molecule has 0 spiro atoms. The number of nitrogens with one attached hydrogen (secondary N) is 2. The molecule has 0 unspecified atom stereocenters. The Bertz CT molecular complexity index is 642. The lowest BCUT2D eigenvalue weighted by molar-refractivity contribution is 0.645. The molecule has 2 N–H and O–H groups in total. The van der Waals surface area contributed by atoms with Gasteiger partial charge in [0.2, 0.25) is 0 Å². The van der Waals surface area contributed by atoms with Crippen LogP contribution in [0.25, 0.3) is 0 Å². The first-order chi connectivity index (χ1) is 11.8. The lowest BCUT2D eigenvalue weighted by Crippen LogP contribution is -2.41. The number of thioether (sulfide) groups is 1. The van der Waals surface area contributed by atoms with Crippen LogP contribution in [-0.4, -0.2) is 36.8 Å². The molecule has 1 aliphatic rings. The van der Waals surface area contributed by atoms with E-state index in [1.54, 1.807) is 11.3 Å². The van der Waals surface area contributed by atoms with Gasteiger partial charge in [0, 0.05) is 42.9 Å². The predicted molar refractivity (Wildman–Crippen MR) is 120 cm³/mol. The van der Waals surface area contributed by atoms with E-state index >= 15 is 0 Å². The second-order valence-electron chi connectivity index (χ2n) is 6.00. The van der Waals surface area contributed by atoms with Crippen molar-refractivity contribution in [2.75, 3.05) is 25.9 Å². The number of rotatable bonds is 8. The zero-order chi connectivity index (χ0) is 16.7. The highest BCUT2D eigenvalue weighted by Gasteiger charge is 2.43. The minimum Gasteiger partial charge on any atom is -0.356 e. The topological polar surface area (TPSA) is 49.3 Å². The summed E-state index contributed by atoms with van der Waals surface area (Å²) in [5.74, 6) is 1.97. The molecule has 0 atom stereocenters. The molecule has 2 aromatic rings. The molecule has 0 saturated heterocycles. The second-order valence-corrected chi connectivity index (χ2v) is 8.24. The van der Waals surface area contributed by atoms with Gasteiger partial charge in [0.15, 0.2) is 5.96 Å². The molecule has 4 nitrogen and oxygen atoms in total. The van der Waals surface area contributed by atoms with Crippen LogP contribution in [0.1, 0.15) is 24.8 Å². The molecule has 3 rings (SSSR count). The molecule has 1 aromatic carbocycles. The average Bonchev–Trinajstić information content (AvgIpc) is 3.24. The van der Waals surface area contributed by atoms with Crippen molar-refractivity contribution in [2.45, 2.75) is 29.0 Å². The number of nitrogens with zero attached hydrogens (tertiary/aromatic N) is 2. The highest BCUT2D eigenvalue weighted by molar-refractivity contribution is 14.0. The molecule has 1 saturated carbocycles. The molecule has 25 heavy (non-hydrogen) atoms. The molecule has 1 aromatic heterocycles. The van der Waals surface area contributed by atoms with Crippen LogP contribution in [0.15, 0.2) is 51.2 Å². The van der Waals surface area contributed by atoms with Gasteiger partial charge < -0.3 is 10.6 Å². The first kappa shape index (κ1) is 20.5. The lowest BCUT2D eigenvalue weighted by Gasteiger charge is -2.19. The normalized spacial score (nSPS) is 15.3. The Morgan fingerprint density at radius 2 is 2.08 bits per heavy atom. The molecule has 0 amide bonds. The largest absolute Gasteiger partial charge is 0.356 e. The predicted octanol–water partition coefficient (Wildman–Crippen LogP) is 4.14. The average molecular weight is 488 g/mol. The SMILES string of the molecule is CN=C(NCCCSc1nccs1)NCC1(c2ccccc2)CC1.I. The van der Waals surface area contributed by atoms with E-state index in [0.29, 0.717) is 5.41 Å². The zero-order valence-electron chi connectivity index (χ0n) is 14.4. The van der Waals surface area contributed by atoms with E-state index < -0.39 is 0 Å². The summed E-state index contributed by atoms with van der Waals surface area (Å²) in [6.45, 7) is 1.88. The van der Waals surface area contributed by atoms with E-state index in [2.05, 4.69) is 50.9 Å². The minimum atomic E-state index is 0. The van der Waals surface area contributed by atoms with Crippen molar-refractivity contribution in [3.05, 3.63) is 47.5 Å². The zero-order valence-corrected chi connectivity index (χ0v) is 18.4. The van der Waals surface area contributed by atoms with Crippen molar-refractivity contribution in [3.63, 3.8) is 0 Å². The van der Waals surface area contributed by atoms with E-state index in [9.17, 15) is 0 Å². The molecule has 0 radical (unpaired) electrons. The molecule has 1 heterocycles. The van der Waals surface area contributed by atoms with Gasteiger partial charge in [-0.15, -0.1) is 35.3 Å². The summed E-state index contributed by atoms with van der Waals surface area (Å²) < 4.78 is 1.15. The van der Waals surface area contributed by atoms with E-state index in [0.717, 1.165) is 35.6 Å². The third-order valence-corrected chi connectivity index (χ3v) is 6.36. The van der Waals surface area contributed by atoms with Gasteiger partial charge in [-0.1, -0.05) is 42.1 Å². The van der Waals surface area contributed by atoms with Gasteiger partial charge in [0.05, 0.1) is 0 Å². The number of benzene rings is 1. The highest BCUT2D eigenvalue weighted by atomic mass is 127. The second kappa shape index (κ2) is 10.4. The quantitative estimate of drug-likeness (QED) is 0.193. The molecule has 0 aliphatic heterocycles. The number of aliphatic imine (C=N–C) groups is 1. The van der Waals surface area contributed by atoms with Crippen LogP contribution < -0.4 is 10.6 Å². The smallest absolute Gasteiger partial charge is 0.191 e. The number of hydrogen-bond donors (Lipinski definition) is 2. The molecule has 136 valence electrons. The minimum absolute atomic E-state index is 0. The van der Waals surface area contributed by atoms with Gasteiger partial charge >= 0.3 is 0 Å². The van der Waals surface area contributed by atoms with E-state index in [1.807, 2.05) is 30.4 Å². The molecule has 7 heteroatoms. The van der Waals surface area contributed by atoms with Gasteiger partial charge in [0.25, 0.3) is 0 Å². The van der Waals surface area contributed by atoms with Crippen molar-refractivity contribution in [2.24, 2.45) is 4.99 Å². The summed E-state index contributed by atoms with van der Waals surface area (Å²) >= 11 is 3.52. The van der Waals surface area contributed by atoms with Crippen molar-refractivity contribution in [3.8, 4) is 0 Å². The third kappa shape index (κ3) is 6.14. The standard InChI is InChI=1S/C18H24N4S2.HI/c1-19-16(20-10-5-12-23-17-21-11-13-24-17)22-14-18(8-9-18)15-6-3-2-4-7-15;/h2-4,6-7,11,13H,5,8-10,12,14H2,1H3,(H2,19,20,22);1H. The summed E-state index contributed by atoms with van der Waals surface area (Å²) in [5.41, 5.74) is 1.74. The number of thiazole rings is 1. The monoisotopic (exact) mass is 488 g/mol. The Labute approximate surface area is 175 Å². The van der Waals surface area contributed by atoms with Gasteiger partial charge in [-0.3, -0.25) is 4.99 Å². The third-order valence-electron chi connectivity index (χ3n) is 4.31. The van der Waals surface area contributed by atoms with Crippen LogP contribution >= 0.6 is 47.1 Å². The summed E-state index contributed by atoms with van der Waals surface area (Å²) in [6, 6.07) is 10.8. The van der Waals surface area contributed by atoms with Crippen LogP contribution in [0.4, 0.5) is 0 Å². The maximum absolute atomic E-state index is 4.34. The van der Waals surface area contributed by atoms with Crippen molar-refractivity contribution in [1.29, 1.82) is 0 Å². The Kier molecular flexibility index (Phi) is 8.51. The summed E-state index contributed by atoms with van der Waals surface area (Å²) in [6.07, 6.45) is 5.46. The first-order valence-corrected chi connectivity index (χ1v) is 10.2. The summed E-state index contributed by atoms with van der Waals surface area (Å²) in [5, 5.41) is 8.93. The molecular formula is C18H25IN4S2. The van der Waals surface area contributed by atoms with Crippen LogP contribution in [-0.2, 0) is 5.41 Å². The van der Waals surface area contributed by atoms with Gasteiger partial charge in [-0.25, -0.2) is 4.98 Å². The number of halogens is 1. The maximum Gasteiger partial charge on any atom is 0.191 e. The van der Waals surface area contributed by atoms with Crippen molar-refractivity contribution in [1.82, 2.24) is 15.6 Å². The Balaban J connectivity index is 0.00000225. The highest BCUT2D eigenvalue weighted by Crippen LogP contribution is 2.47. The van der Waals surface area contributed by atoms with Crippen LogP contribution in [0.5, 0.6) is 0 Å². The number of guanidine groups is 1. The van der Waals surface area contributed by atoms with Gasteiger partial charge in [-0.05, 0) is 24.8 Å². The molecule has 1 fully saturated rings. The Morgan fingerprint density at radius 1 is 1.28 bits per heavy atom. The molecule has 1 aliphatic carbocycles. The fourth-order valence-electron chi connectivity index (χ4n) is 2.70. The Hall–Kier alpha value is -0.800. The fraction of sp³-hybridized carbons (Fsp3) is 0.444. The maximum atomic E-state index is 4.34. The van der Waals surface area contributed by atoms with E-state index in [4.69, 9.17) is 0 Å². The summed E-state index contributed by atoms with van der Waals surface area (Å²) in [4.78, 5) is 8.62. The van der Waals surface area contributed by atoms with Crippen LogP contribution in [0.2, 0.25) is 0 Å². The Morgan fingerprint density at radius 3 is 2.72 bits per heavy atom. The fourth-order valence-corrected chi connectivity index (χ4v) is 4.35. The number of aromatic nitrogens is 1. The molecular weight excluding hydrogens is 463 g/mol. The van der Waals surface area contributed by atoms with Crippen molar-refractivity contribution >= 4 is 53.0 Å². The van der Waals surface area contributed by atoms with E-state index in [1.165, 1.54) is 18.4 Å². The van der Waals surface area contributed by atoms with Crippen LogP contribution in [0, 0.1) is 0 Å². The van der Waals surface area contributed by atoms with Gasteiger partial charge in [-0.2, -0.15) is 0 Å². The molecule has 0 bridgehead atoms. The van der Waals surface area contributed by atoms with Gasteiger partial charge in [0.1, 0.15) is 4.34 Å². The van der Waals surface area contributed by atoms with Crippen molar-refractivity contribution < 1.29 is 0 Å². The van der Waals surface area contributed by atoms with E-state index in [-0.39, 0.29) is 24.0 Å². The number of hydrogen-bond acceptors (Lipinski definition) is 4. The lowest BCUT2D eigenvalue weighted by atomic mass is 9.96. The first-order valence-electron chi connectivity index (χ1n) is 8.35.